The van der Waals surface area contributed by atoms with Crippen LogP contribution in [0.1, 0.15) is 40.0 Å². The molecule has 0 rings (SSSR count). The lowest BCUT2D eigenvalue weighted by molar-refractivity contribution is 0.251. The van der Waals surface area contributed by atoms with Crippen molar-refractivity contribution in [3.8, 4) is 6.07 Å². The van der Waals surface area contributed by atoms with Crippen LogP contribution in [0.3, 0.4) is 0 Å². The summed E-state index contributed by atoms with van der Waals surface area (Å²) in [7, 11) is 0. The minimum atomic E-state index is -0.192. The molecule has 3 heteroatoms. The number of unbranched alkanes of at least 4 members (excludes halogenated alkanes) is 1. The van der Waals surface area contributed by atoms with Gasteiger partial charge in [-0.2, -0.15) is 5.26 Å². The zero-order chi connectivity index (χ0) is 11.0. The summed E-state index contributed by atoms with van der Waals surface area (Å²) in [5.74, 6) is 0. The molecule has 0 amide bonds. The average molecular weight is 198 g/mol. The molecule has 0 saturated heterocycles. The van der Waals surface area contributed by atoms with Crippen molar-refractivity contribution >= 4 is 0 Å². The SMILES string of the molecule is CC(CO)NCCCCC(C)(C)C#N. The predicted molar refractivity (Wildman–Crippen MR) is 57.8 cm³/mol. The molecule has 14 heavy (non-hydrogen) atoms. The van der Waals surface area contributed by atoms with Gasteiger partial charge in [0.1, 0.15) is 0 Å². The summed E-state index contributed by atoms with van der Waals surface area (Å²) in [5.41, 5.74) is -0.192. The molecule has 0 saturated carbocycles. The normalized spacial score (nSPS) is 13.6. The number of nitrogens with one attached hydrogen (secondary N) is 1. The van der Waals surface area contributed by atoms with Gasteiger partial charge in [-0.1, -0.05) is 6.42 Å². The number of aliphatic hydroxyl groups excluding tert-OH is 1. The Morgan fingerprint density at radius 1 is 1.43 bits per heavy atom. The third-order valence-corrected chi connectivity index (χ3v) is 2.30. The molecule has 0 aliphatic rings. The summed E-state index contributed by atoms with van der Waals surface area (Å²) in [6.45, 7) is 7.00. The van der Waals surface area contributed by atoms with Gasteiger partial charge in [0.25, 0.3) is 0 Å². The number of hydrogen-bond acceptors (Lipinski definition) is 3. The molecule has 0 fully saturated rings. The van der Waals surface area contributed by atoms with Gasteiger partial charge in [0, 0.05) is 6.04 Å². The number of nitrogens with zero attached hydrogens (tertiary/aromatic N) is 1. The van der Waals surface area contributed by atoms with Gasteiger partial charge in [0.05, 0.1) is 18.1 Å². The van der Waals surface area contributed by atoms with Crippen molar-refractivity contribution in [2.75, 3.05) is 13.2 Å². The second-order valence-electron chi connectivity index (χ2n) is 4.49. The standard InChI is InChI=1S/C11H22N2O/c1-10(8-14)13-7-5-4-6-11(2,3)9-12/h10,13-14H,4-8H2,1-3H3. The third kappa shape index (κ3) is 6.88. The van der Waals surface area contributed by atoms with Crippen LogP contribution in [0.5, 0.6) is 0 Å². The highest BCUT2D eigenvalue weighted by Crippen LogP contribution is 2.21. The maximum Gasteiger partial charge on any atom is 0.0683 e. The van der Waals surface area contributed by atoms with E-state index < -0.39 is 0 Å². The average Bonchev–Trinajstić information content (AvgIpc) is 2.17. The molecule has 3 nitrogen and oxygen atoms in total. The van der Waals surface area contributed by atoms with E-state index in [1.807, 2.05) is 20.8 Å². The van der Waals surface area contributed by atoms with Crippen LogP contribution >= 0.6 is 0 Å². The molecule has 0 bridgehead atoms. The largest absolute Gasteiger partial charge is 0.395 e. The van der Waals surface area contributed by atoms with Crippen molar-refractivity contribution < 1.29 is 5.11 Å². The topological polar surface area (TPSA) is 56.0 Å². The minimum absolute atomic E-state index is 0.180. The fourth-order valence-corrected chi connectivity index (χ4v) is 1.16. The molecule has 1 atom stereocenters. The Balaban J connectivity index is 3.35. The molecule has 0 aromatic rings. The molecular formula is C11H22N2O. The van der Waals surface area contributed by atoms with Crippen LogP contribution in [0.4, 0.5) is 0 Å². The molecule has 82 valence electrons. The van der Waals surface area contributed by atoms with Gasteiger partial charge in [-0.15, -0.1) is 0 Å². The van der Waals surface area contributed by atoms with Gasteiger partial charge in [0.15, 0.2) is 0 Å². The summed E-state index contributed by atoms with van der Waals surface area (Å²) in [4.78, 5) is 0. The molecule has 0 aliphatic heterocycles. The van der Waals surface area contributed by atoms with Crippen molar-refractivity contribution in [3.63, 3.8) is 0 Å². The Labute approximate surface area is 87.1 Å². The van der Waals surface area contributed by atoms with Crippen LogP contribution in [0.2, 0.25) is 0 Å². The summed E-state index contributed by atoms with van der Waals surface area (Å²) in [6.07, 6.45) is 3.07. The van der Waals surface area contributed by atoms with E-state index in [1.54, 1.807) is 0 Å². The smallest absolute Gasteiger partial charge is 0.0683 e. The Bertz CT molecular complexity index is 184. The number of hydrogen-bond donors (Lipinski definition) is 2. The molecule has 0 spiro atoms. The first kappa shape index (κ1) is 13.4. The van der Waals surface area contributed by atoms with E-state index in [4.69, 9.17) is 10.4 Å². The molecule has 0 radical (unpaired) electrons. The minimum Gasteiger partial charge on any atom is -0.395 e. The van der Waals surface area contributed by atoms with E-state index >= 15 is 0 Å². The second-order valence-corrected chi connectivity index (χ2v) is 4.49. The van der Waals surface area contributed by atoms with E-state index in [9.17, 15) is 0 Å². The van der Waals surface area contributed by atoms with Gasteiger partial charge in [0.2, 0.25) is 0 Å². The lowest BCUT2D eigenvalue weighted by Gasteiger charge is -2.15. The third-order valence-electron chi connectivity index (χ3n) is 2.30. The van der Waals surface area contributed by atoms with Gasteiger partial charge in [-0.25, -0.2) is 0 Å². The fourth-order valence-electron chi connectivity index (χ4n) is 1.16. The van der Waals surface area contributed by atoms with Crippen molar-refractivity contribution in [1.29, 1.82) is 5.26 Å². The van der Waals surface area contributed by atoms with Crippen LogP contribution < -0.4 is 5.32 Å². The highest BCUT2D eigenvalue weighted by Gasteiger charge is 2.15. The molecule has 0 heterocycles. The second kappa shape index (κ2) is 6.80. The van der Waals surface area contributed by atoms with Crippen LogP contribution in [-0.4, -0.2) is 24.3 Å². The molecule has 2 N–H and O–H groups in total. The van der Waals surface area contributed by atoms with Gasteiger partial charge >= 0.3 is 0 Å². The van der Waals surface area contributed by atoms with Crippen LogP contribution in [0.15, 0.2) is 0 Å². The maximum atomic E-state index is 8.78. The number of aliphatic hydroxyl groups is 1. The quantitative estimate of drug-likeness (QED) is 0.612. The first-order chi connectivity index (χ1) is 6.52. The van der Waals surface area contributed by atoms with Crippen LogP contribution in [0, 0.1) is 16.7 Å². The summed E-state index contributed by atoms with van der Waals surface area (Å²) in [6, 6.07) is 2.47. The molecular weight excluding hydrogens is 176 g/mol. The molecule has 0 aromatic heterocycles. The summed E-state index contributed by atoms with van der Waals surface area (Å²) in [5, 5.41) is 20.7. The number of nitriles is 1. The Morgan fingerprint density at radius 2 is 2.07 bits per heavy atom. The van der Waals surface area contributed by atoms with E-state index in [-0.39, 0.29) is 18.1 Å². The van der Waals surface area contributed by atoms with Gasteiger partial charge in [-0.3, -0.25) is 0 Å². The Kier molecular flexibility index (Phi) is 6.52. The summed E-state index contributed by atoms with van der Waals surface area (Å²) < 4.78 is 0. The zero-order valence-corrected chi connectivity index (χ0v) is 9.51. The molecule has 0 aromatic carbocycles. The molecule has 0 aliphatic carbocycles. The summed E-state index contributed by atoms with van der Waals surface area (Å²) >= 11 is 0. The van der Waals surface area contributed by atoms with Crippen molar-refractivity contribution in [1.82, 2.24) is 5.32 Å². The van der Waals surface area contributed by atoms with E-state index in [0.29, 0.717) is 0 Å². The molecule has 1 unspecified atom stereocenters. The van der Waals surface area contributed by atoms with Crippen LogP contribution in [-0.2, 0) is 0 Å². The lowest BCUT2D eigenvalue weighted by Crippen LogP contribution is -2.30. The first-order valence-electron chi connectivity index (χ1n) is 5.27. The first-order valence-corrected chi connectivity index (χ1v) is 5.27. The van der Waals surface area contributed by atoms with E-state index in [1.165, 1.54) is 0 Å². The highest BCUT2D eigenvalue weighted by molar-refractivity contribution is 4.91. The maximum absolute atomic E-state index is 8.78. The van der Waals surface area contributed by atoms with Crippen molar-refractivity contribution in [2.45, 2.75) is 46.1 Å². The van der Waals surface area contributed by atoms with Crippen molar-refractivity contribution in [2.24, 2.45) is 5.41 Å². The lowest BCUT2D eigenvalue weighted by atomic mass is 9.89. The predicted octanol–water partition coefficient (Wildman–Crippen LogP) is 1.68. The fraction of sp³-hybridized carbons (Fsp3) is 0.909. The van der Waals surface area contributed by atoms with E-state index in [0.717, 1.165) is 25.8 Å². The highest BCUT2D eigenvalue weighted by atomic mass is 16.3. The van der Waals surface area contributed by atoms with Gasteiger partial charge < -0.3 is 10.4 Å². The Hall–Kier alpha value is -0.590. The zero-order valence-electron chi connectivity index (χ0n) is 9.51. The number of rotatable bonds is 7. The van der Waals surface area contributed by atoms with Gasteiger partial charge in [-0.05, 0) is 40.2 Å². The van der Waals surface area contributed by atoms with Crippen LogP contribution in [0.25, 0.3) is 0 Å². The Morgan fingerprint density at radius 3 is 2.57 bits per heavy atom. The van der Waals surface area contributed by atoms with E-state index in [2.05, 4.69) is 11.4 Å². The monoisotopic (exact) mass is 198 g/mol. The van der Waals surface area contributed by atoms with Crippen molar-refractivity contribution in [3.05, 3.63) is 0 Å².